The van der Waals surface area contributed by atoms with Gasteiger partial charge in [-0.2, -0.15) is 0 Å². The van der Waals surface area contributed by atoms with Gasteiger partial charge in [0.1, 0.15) is 0 Å². The van der Waals surface area contributed by atoms with Crippen LogP contribution in [0.3, 0.4) is 0 Å². The summed E-state index contributed by atoms with van der Waals surface area (Å²) in [5.41, 5.74) is 3.30. The van der Waals surface area contributed by atoms with Gasteiger partial charge in [0.05, 0.1) is 10.6 Å². The lowest BCUT2D eigenvalue weighted by Crippen LogP contribution is -2.16. The Hall–Kier alpha value is -1.82. The highest BCUT2D eigenvalue weighted by Gasteiger charge is 2.26. The smallest absolute Gasteiger partial charge is 0.264 e. The lowest BCUT2D eigenvalue weighted by molar-refractivity contribution is 0.600. The number of sulfonamides is 1. The largest absolute Gasteiger partial charge is 0.317 e. The number of hydrogen-bond donors (Lipinski definition) is 1. The van der Waals surface area contributed by atoms with Crippen LogP contribution in [0.4, 0.5) is 5.95 Å². The molecule has 0 unspecified atom stereocenters. The van der Waals surface area contributed by atoms with Crippen molar-refractivity contribution >= 4 is 16.0 Å². The van der Waals surface area contributed by atoms with Gasteiger partial charge in [0.25, 0.3) is 10.0 Å². The summed E-state index contributed by atoms with van der Waals surface area (Å²) < 4.78 is 30.0. The van der Waals surface area contributed by atoms with Gasteiger partial charge in [-0.05, 0) is 62.1 Å². The SMILES string of the molecule is Cn1c(NS(=O)(=O)c2cccc(C3CC3)c2)nc2c1CCCC2. The highest BCUT2D eigenvalue weighted by molar-refractivity contribution is 7.92. The minimum atomic E-state index is -3.60. The predicted octanol–water partition coefficient (Wildman–Crippen LogP) is 2.98. The predicted molar refractivity (Wildman–Crippen MR) is 89.1 cm³/mol. The van der Waals surface area contributed by atoms with Crippen LogP contribution in [-0.4, -0.2) is 18.0 Å². The van der Waals surface area contributed by atoms with E-state index in [1.54, 1.807) is 12.1 Å². The molecule has 0 amide bonds. The number of nitrogens with zero attached hydrogens (tertiary/aromatic N) is 2. The summed E-state index contributed by atoms with van der Waals surface area (Å²) in [6.45, 7) is 0. The van der Waals surface area contributed by atoms with Crippen LogP contribution in [0.25, 0.3) is 0 Å². The van der Waals surface area contributed by atoms with Crippen LogP contribution < -0.4 is 4.72 Å². The molecule has 2 aliphatic rings. The first-order valence-electron chi connectivity index (χ1n) is 8.22. The van der Waals surface area contributed by atoms with Crippen LogP contribution in [0, 0.1) is 0 Å². The fourth-order valence-electron chi connectivity index (χ4n) is 3.31. The number of imidazole rings is 1. The van der Waals surface area contributed by atoms with Crippen molar-refractivity contribution in [3.8, 4) is 0 Å². The monoisotopic (exact) mass is 331 g/mol. The number of fused-ring (bicyclic) bond motifs is 1. The van der Waals surface area contributed by atoms with E-state index in [1.807, 2.05) is 23.7 Å². The number of rotatable bonds is 4. The molecule has 0 bridgehead atoms. The minimum Gasteiger partial charge on any atom is -0.317 e. The van der Waals surface area contributed by atoms with Gasteiger partial charge in [-0.25, -0.2) is 18.1 Å². The Kier molecular flexibility index (Phi) is 3.44. The van der Waals surface area contributed by atoms with Crippen molar-refractivity contribution in [1.82, 2.24) is 9.55 Å². The molecule has 6 heteroatoms. The standard InChI is InChI=1S/C17H21N3O2S/c1-20-16-8-3-2-7-15(16)18-17(20)19-23(21,22)14-6-4-5-13(11-14)12-9-10-12/h4-6,11-12H,2-3,7-10H2,1H3,(H,18,19). The minimum absolute atomic E-state index is 0.322. The van der Waals surface area contributed by atoms with Gasteiger partial charge in [-0.1, -0.05) is 12.1 Å². The first-order chi connectivity index (χ1) is 11.0. The van der Waals surface area contributed by atoms with Gasteiger partial charge >= 0.3 is 0 Å². The Bertz CT molecular complexity index is 851. The van der Waals surface area contributed by atoms with Crippen molar-refractivity contribution in [2.75, 3.05) is 4.72 Å². The average Bonchev–Trinajstić information content (AvgIpc) is 3.35. The van der Waals surface area contributed by atoms with Crippen LogP contribution in [0.15, 0.2) is 29.2 Å². The summed E-state index contributed by atoms with van der Waals surface area (Å²) in [6.07, 6.45) is 6.48. The Morgan fingerprint density at radius 3 is 2.74 bits per heavy atom. The molecule has 0 aliphatic heterocycles. The van der Waals surface area contributed by atoms with Gasteiger partial charge in [0.15, 0.2) is 0 Å². The van der Waals surface area contributed by atoms with E-state index < -0.39 is 10.0 Å². The third kappa shape index (κ3) is 2.76. The van der Waals surface area contributed by atoms with Crippen molar-refractivity contribution < 1.29 is 8.42 Å². The van der Waals surface area contributed by atoms with E-state index in [-0.39, 0.29) is 0 Å². The molecule has 0 saturated heterocycles. The second-order valence-electron chi connectivity index (χ2n) is 6.55. The van der Waals surface area contributed by atoms with E-state index in [2.05, 4.69) is 9.71 Å². The first kappa shape index (κ1) is 14.8. The number of anilines is 1. The second-order valence-corrected chi connectivity index (χ2v) is 8.23. The van der Waals surface area contributed by atoms with Crippen molar-refractivity contribution in [1.29, 1.82) is 0 Å². The van der Waals surface area contributed by atoms with Gasteiger partial charge in [0, 0.05) is 12.7 Å². The van der Waals surface area contributed by atoms with E-state index in [0.29, 0.717) is 16.8 Å². The molecule has 1 saturated carbocycles. The van der Waals surface area contributed by atoms with Gasteiger partial charge < -0.3 is 4.57 Å². The quantitative estimate of drug-likeness (QED) is 0.937. The van der Waals surface area contributed by atoms with Crippen LogP contribution >= 0.6 is 0 Å². The van der Waals surface area contributed by atoms with Crippen molar-refractivity contribution in [3.63, 3.8) is 0 Å². The molecule has 122 valence electrons. The summed E-state index contributed by atoms with van der Waals surface area (Å²) in [5.74, 6) is 0.958. The molecule has 1 heterocycles. The molecule has 0 atom stereocenters. The third-order valence-corrected chi connectivity index (χ3v) is 6.14. The fourth-order valence-corrected chi connectivity index (χ4v) is 4.40. The maximum Gasteiger partial charge on any atom is 0.264 e. The number of nitrogens with one attached hydrogen (secondary N) is 1. The molecule has 2 aromatic rings. The molecule has 5 nitrogen and oxygen atoms in total. The lowest BCUT2D eigenvalue weighted by atomic mass is 10.0. The Balaban J connectivity index is 1.65. The van der Waals surface area contributed by atoms with Crippen LogP contribution in [-0.2, 0) is 29.9 Å². The number of aromatic nitrogens is 2. The zero-order chi connectivity index (χ0) is 16.0. The summed E-state index contributed by atoms with van der Waals surface area (Å²) in [7, 11) is -1.71. The molecule has 2 aliphatic carbocycles. The Labute approximate surface area is 136 Å². The highest BCUT2D eigenvalue weighted by Crippen LogP contribution is 2.40. The molecule has 0 spiro atoms. The van der Waals surface area contributed by atoms with Crippen LogP contribution in [0.5, 0.6) is 0 Å². The summed E-state index contributed by atoms with van der Waals surface area (Å²) in [6, 6.07) is 7.28. The van der Waals surface area contributed by atoms with Crippen molar-refractivity contribution in [2.45, 2.75) is 49.3 Å². The van der Waals surface area contributed by atoms with E-state index in [9.17, 15) is 8.42 Å². The lowest BCUT2D eigenvalue weighted by Gasteiger charge is -2.12. The average molecular weight is 331 g/mol. The van der Waals surface area contributed by atoms with E-state index in [4.69, 9.17) is 0 Å². The molecular weight excluding hydrogens is 310 g/mol. The summed E-state index contributed by atoms with van der Waals surface area (Å²) in [5, 5.41) is 0. The van der Waals surface area contributed by atoms with Crippen LogP contribution in [0.1, 0.15) is 48.6 Å². The highest BCUT2D eigenvalue weighted by atomic mass is 32.2. The molecule has 23 heavy (non-hydrogen) atoms. The molecule has 1 aromatic carbocycles. The number of benzene rings is 1. The normalized spacial score (nSPS) is 17.8. The molecule has 0 radical (unpaired) electrons. The molecule has 1 aromatic heterocycles. The second kappa shape index (κ2) is 5.37. The summed E-state index contributed by atoms with van der Waals surface area (Å²) >= 11 is 0. The van der Waals surface area contributed by atoms with E-state index in [1.165, 1.54) is 0 Å². The van der Waals surface area contributed by atoms with Crippen molar-refractivity contribution in [2.24, 2.45) is 7.05 Å². The molecule has 1 N–H and O–H groups in total. The zero-order valence-corrected chi connectivity index (χ0v) is 14.1. The molecule has 4 rings (SSSR count). The van der Waals surface area contributed by atoms with Crippen molar-refractivity contribution in [3.05, 3.63) is 41.2 Å². The van der Waals surface area contributed by atoms with Gasteiger partial charge in [0.2, 0.25) is 5.95 Å². The maximum absolute atomic E-state index is 12.7. The first-order valence-corrected chi connectivity index (χ1v) is 9.70. The summed E-state index contributed by atoms with van der Waals surface area (Å²) in [4.78, 5) is 4.83. The molecule has 1 fully saturated rings. The van der Waals surface area contributed by atoms with Gasteiger partial charge in [-0.15, -0.1) is 0 Å². The molecular formula is C17H21N3O2S. The van der Waals surface area contributed by atoms with E-state index >= 15 is 0 Å². The number of aryl methyl sites for hydroxylation is 1. The Morgan fingerprint density at radius 1 is 1.22 bits per heavy atom. The topological polar surface area (TPSA) is 64.0 Å². The van der Waals surface area contributed by atoms with E-state index in [0.717, 1.165) is 55.5 Å². The van der Waals surface area contributed by atoms with Gasteiger partial charge in [-0.3, -0.25) is 0 Å². The fraction of sp³-hybridized carbons (Fsp3) is 0.471. The Morgan fingerprint density at radius 2 is 2.00 bits per heavy atom. The zero-order valence-electron chi connectivity index (χ0n) is 13.2. The third-order valence-electron chi connectivity index (χ3n) is 4.82. The maximum atomic E-state index is 12.7. The number of hydrogen-bond acceptors (Lipinski definition) is 3. The van der Waals surface area contributed by atoms with Crippen LogP contribution in [0.2, 0.25) is 0 Å².